The average molecular weight is 276 g/mol. The molecule has 1 aliphatic heterocycles. The number of aliphatic imine (C=N–C) groups is 1. The molecule has 0 fully saturated rings. The van der Waals surface area contributed by atoms with Gasteiger partial charge in [0.05, 0.1) is 16.8 Å². The van der Waals surface area contributed by atoms with Crippen LogP contribution in [0.15, 0.2) is 11.1 Å². The molecule has 0 amide bonds. The molecule has 2 aliphatic rings. The molecule has 0 aromatic heterocycles. The number of nitrogens with one attached hydrogen (secondary N) is 1. The third-order valence-electron chi connectivity index (χ3n) is 3.11. The zero-order valence-corrected chi connectivity index (χ0v) is 10.6. The van der Waals surface area contributed by atoms with E-state index in [1.165, 1.54) is 0 Å². The normalized spacial score (nSPS) is 22.2. The van der Waals surface area contributed by atoms with Gasteiger partial charge in [0.2, 0.25) is 0 Å². The van der Waals surface area contributed by atoms with Crippen LogP contribution in [0, 0.1) is 0 Å². The highest BCUT2D eigenvalue weighted by Crippen LogP contribution is 2.46. The van der Waals surface area contributed by atoms with Gasteiger partial charge in [-0.15, -0.1) is 0 Å². The summed E-state index contributed by atoms with van der Waals surface area (Å²) < 4.78 is 0. The topological polar surface area (TPSA) is 24.4 Å². The highest BCUT2D eigenvalue weighted by atomic mass is 35.5. The quantitative estimate of drug-likeness (QED) is 0.698. The second kappa shape index (κ2) is 3.80. The summed E-state index contributed by atoms with van der Waals surface area (Å²) >= 11 is 18.3. The SMILES string of the molecule is ClC1=NC2CCCc3c(Cl)cc(Cl)c(c32)N1. The van der Waals surface area contributed by atoms with Crippen molar-refractivity contribution in [3.63, 3.8) is 0 Å². The van der Waals surface area contributed by atoms with Crippen LogP contribution < -0.4 is 5.32 Å². The molecule has 1 aromatic rings. The molecule has 2 nitrogen and oxygen atoms in total. The summed E-state index contributed by atoms with van der Waals surface area (Å²) in [6, 6.07) is 1.89. The minimum atomic E-state index is 0.115. The molecule has 16 heavy (non-hydrogen) atoms. The van der Waals surface area contributed by atoms with Gasteiger partial charge in [-0.3, -0.25) is 0 Å². The Kier molecular flexibility index (Phi) is 2.54. The Morgan fingerprint density at radius 2 is 2.06 bits per heavy atom. The first-order valence-corrected chi connectivity index (χ1v) is 6.31. The third kappa shape index (κ3) is 1.52. The third-order valence-corrected chi connectivity index (χ3v) is 3.94. The lowest BCUT2D eigenvalue weighted by Gasteiger charge is -2.30. The highest BCUT2D eigenvalue weighted by Gasteiger charge is 2.30. The predicted molar refractivity (Wildman–Crippen MR) is 69.1 cm³/mol. The highest BCUT2D eigenvalue weighted by molar-refractivity contribution is 6.68. The van der Waals surface area contributed by atoms with Gasteiger partial charge >= 0.3 is 0 Å². The van der Waals surface area contributed by atoms with Crippen molar-refractivity contribution in [1.82, 2.24) is 0 Å². The molecule has 0 saturated heterocycles. The van der Waals surface area contributed by atoms with Crippen LogP contribution in [-0.2, 0) is 6.42 Å². The van der Waals surface area contributed by atoms with Crippen LogP contribution in [0.5, 0.6) is 0 Å². The Morgan fingerprint density at radius 1 is 1.25 bits per heavy atom. The van der Waals surface area contributed by atoms with Gasteiger partial charge in [-0.05, 0) is 42.5 Å². The molecule has 1 unspecified atom stereocenters. The fourth-order valence-corrected chi connectivity index (χ4v) is 3.28. The van der Waals surface area contributed by atoms with Crippen molar-refractivity contribution in [3.8, 4) is 0 Å². The Morgan fingerprint density at radius 3 is 2.88 bits per heavy atom. The minimum Gasteiger partial charge on any atom is -0.329 e. The van der Waals surface area contributed by atoms with E-state index < -0.39 is 0 Å². The number of rotatable bonds is 0. The molecule has 1 N–H and O–H groups in total. The first-order chi connectivity index (χ1) is 7.66. The van der Waals surface area contributed by atoms with Crippen molar-refractivity contribution in [1.29, 1.82) is 0 Å². The molecule has 1 aliphatic carbocycles. The number of hydrogen-bond donors (Lipinski definition) is 1. The molecular formula is C11H9Cl3N2. The fraction of sp³-hybridized carbons (Fsp3) is 0.364. The number of amidine groups is 1. The van der Waals surface area contributed by atoms with Crippen LogP contribution in [0.3, 0.4) is 0 Å². The van der Waals surface area contributed by atoms with E-state index >= 15 is 0 Å². The molecular weight excluding hydrogens is 266 g/mol. The van der Waals surface area contributed by atoms with E-state index in [4.69, 9.17) is 34.8 Å². The number of benzene rings is 1. The molecule has 1 aromatic carbocycles. The van der Waals surface area contributed by atoms with E-state index in [-0.39, 0.29) is 6.04 Å². The Hall–Kier alpha value is -0.440. The minimum absolute atomic E-state index is 0.115. The monoisotopic (exact) mass is 274 g/mol. The lowest BCUT2D eigenvalue weighted by atomic mass is 9.86. The van der Waals surface area contributed by atoms with Crippen molar-refractivity contribution < 1.29 is 0 Å². The van der Waals surface area contributed by atoms with Crippen molar-refractivity contribution in [2.75, 3.05) is 5.32 Å². The molecule has 0 saturated carbocycles. The van der Waals surface area contributed by atoms with Crippen LogP contribution in [-0.4, -0.2) is 5.29 Å². The number of hydrogen-bond acceptors (Lipinski definition) is 2. The van der Waals surface area contributed by atoms with Crippen molar-refractivity contribution in [3.05, 3.63) is 27.2 Å². The standard InChI is InChI=1S/C11H9Cl3N2/c12-6-4-7(13)10-9-5(6)2-1-3-8(9)15-11(14)16-10/h4,8H,1-3H2,(H,15,16). The molecule has 84 valence electrons. The molecule has 0 radical (unpaired) electrons. The zero-order valence-electron chi connectivity index (χ0n) is 8.36. The van der Waals surface area contributed by atoms with E-state index in [1.54, 1.807) is 6.07 Å². The van der Waals surface area contributed by atoms with Crippen LogP contribution in [0.4, 0.5) is 5.69 Å². The number of anilines is 1. The largest absolute Gasteiger partial charge is 0.329 e. The second-order valence-electron chi connectivity index (χ2n) is 4.06. The first-order valence-electron chi connectivity index (χ1n) is 5.18. The van der Waals surface area contributed by atoms with Gasteiger partial charge in [0.1, 0.15) is 0 Å². The van der Waals surface area contributed by atoms with Gasteiger partial charge in [0.15, 0.2) is 5.29 Å². The van der Waals surface area contributed by atoms with Crippen LogP contribution >= 0.6 is 34.8 Å². The van der Waals surface area contributed by atoms with Crippen LogP contribution in [0.2, 0.25) is 10.0 Å². The number of nitrogens with zero attached hydrogens (tertiary/aromatic N) is 1. The van der Waals surface area contributed by atoms with Gasteiger partial charge in [0.25, 0.3) is 0 Å². The van der Waals surface area contributed by atoms with Gasteiger partial charge < -0.3 is 5.32 Å². The summed E-state index contributed by atoms with van der Waals surface area (Å²) in [5.41, 5.74) is 3.18. The van der Waals surface area contributed by atoms with Gasteiger partial charge in [-0.1, -0.05) is 23.2 Å². The Balaban J connectivity index is 2.28. The maximum atomic E-state index is 6.21. The van der Waals surface area contributed by atoms with E-state index in [2.05, 4.69) is 10.3 Å². The molecule has 1 atom stereocenters. The first kappa shape index (κ1) is 10.7. The molecule has 5 heteroatoms. The van der Waals surface area contributed by atoms with Crippen molar-refractivity contribution >= 4 is 45.8 Å². The maximum absolute atomic E-state index is 6.21. The Bertz CT molecular complexity index is 496. The summed E-state index contributed by atoms with van der Waals surface area (Å²) in [6.45, 7) is 0. The lowest BCUT2D eigenvalue weighted by Crippen LogP contribution is -2.21. The predicted octanol–water partition coefficient (Wildman–Crippen LogP) is 4.39. The van der Waals surface area contributed by atoms with E-state index in [1.807, 2.05) is 0 Å². The molecule has 1 heterocycles. The Labute approximate surface area is 109 Å². The summed E-state index contributed by atoms with van der Waals surface area (Å²) in [7, 11) is 0. The van der Waals surface area contributed by atoms with Gasteiger partial charge in [-0.2, -0.15) is 0 Å². The second-order valence-corrected chi connectivity index (χ2v) is 5.23. The summed E-state index contributed by atoms with van der Waals surface area (Å²) in [5.74, 6) is 0. The summed E-state index contributed by atoms with van der Waals surface area (Å²) in [4.78, 5) is 4.39. The zero-order chi connectivity index (χ0) is 11.3. The van der Waals surface area contributed by atoms with Crippen LogP contribution in [0.25, 0.3) is 0 Å². The smallest absolute Gasteiger partial charge is 0.196 e. The van der Waals surface area contributed by atoms with Gasteiger partial charge in [0, 0.05) is 10.6 Å². The number of halogens is 3. The van der Waals surface area contributed by atoms with E-state index in [0.717, 1.165) is 41.1 Å². The van der Waals surface area contributed by atoms with E-state index in [0.29, 0.717) is 10.3 Å². The average Bonchev–Trinajstić information content (AvgIpc) is 2.25. The fourth-order valence-electron chi connectivity index (χ4n) is 2.45. The maximum Gasteiger partial charge on any atom is 0.196 e. The van der Waals surface area contributed by atoms with Gasteiger partial charge in [-0.25, -0.2) is 4.99 Å². The van der Waals surface area contributed by atoms with Crippen molar-refractivity contribution in [2.45, 2.75) is 25.3 Å². The molecule has 0 spiro atoms. The molecule has 0 bridgehead atoms. The van der Waals surface area contributed by atoms with Crippen molar-refractivity contribution in [2.24, 2.45) is 4.99 Å². The lowest BCUT2D eigenvalue weighted by molar-refractivity contribution is 0.572. The van der Waals surface area contributed by atoms with E-state index in [9.17, 15) is 0 Å². The molecule has 3 rings (SSSR count). The summed E-state index contributed by atoms with van der Waals surface area (Å²) in [5, 5.41) is 4.78. The summed E-state index contributed by atoms with van der Waals surface area (Å²) in [6.07, 6.45) is 3.09. The van der Waals surface area contributed by atoms with Crippen LogP contribution in [0.1, 0.15) is 30.0 Å².